The zero-order valence-electron chi connectivity index (χ0n) is 12.0. The Labute approximate surface area is 136 Å². The first-order valence-electron chi connectivity index (χ1n) is 7.08. The van der Waals surface area contributed by atoms with E-state index in [0.29, 0.717) is 9.79 Å². The molecule has 3 aromatic carbocycles. The molecule has 0 bridgehead atoms. The number of fused-ring (bicyclic) bond motifs is 2. The van der Waals surface area contributed by atoms with Crippen molar-refractivity contribution >= 4 is 20.7 Å². The second-order valence-corrected chi connectivity index (χ2v) is 9.29. The van der Waals surface area contributed by atoms with Crippen LogP contribution in [0.5, 0.6) is 0 Å². The quantitative estimate of drug-likeness (QED) is 0.518. The van der Waals surface area contributed by atoms with Crippen molar-refractivity contribution in [1.82, 2.24) is 0 Å². The van der Waals surface area contributed by atoms with Crippen molar-refractivity contribution in [3.8, 4) is 0 Å². The largest absolute Gasteiger partial charge is 0.218 e. The van der Waals surface area contributed by atoms with E-state index >= 15 is 0 Å². The molecule has 0 N–H and O–H groups in total. The molecule has 3 aromatic rings. The minimum atomic E-state index is -3.53. The van der Waals surface area contributed by atoms with Crippen LogP contribution in [-0.4, -0.2) is 8.42 Å². The summed E-state index contributed by atoms with van der Waals surface area (Å²) in [7, 11) is -4.62. The fourth-order valence-corrected chi connectivity index (χ4v) is 7.95. The summed E-state index contributed by atoms with van der Waals surface area (Å²) in [5.74, 6) is -0.312. The maximum absolute atomic E-state index is 13.7. The van der Waals surface area contributed by atoms with E-state index in [1.165, 1.54) is 12.1 Å². The molecule has 0 aromatic heterocycles. The van der Waals surface area contributed by atoms with E-state index in [9.17, 15) is 12.8 Å². The molecule has 2 nitrogen and oxygen atoms in total. The molecule has 0 radical (unpaired) electrons. The van der Waals surface area contributed by atoms with Crippen LogP contribution >= 0.6 is 10.9 Å². The predicted molar refractivity (Wildman–Crippen MR) is 88.5 cm³/mol. The van der Waals surface area contributed by atoms with Crippen LogP contribution in [0.1, 0.15) is 0 Å². The van der Waals surface area contributed by atoms with Crippen molar-refractivity contribution in [3.05, 3.63) is 78.6 Å². The number of hydrogen-bond acceptors (Lipinski definition) is 2. The normalized spacial score (nSPS) is 16.5. The number of halogens is 1. The van der Waals surface area contributed by atoms with Gasteiger partial charge in [-0.25, -0.2) is 12.8 Å². The van der Waals surface area contributed by atoms with Crippen molar-refractivity contribution in [1.29, 1.82) is 0 Å². The molecule has 0 unspecified atom stereocenters. The van der Waals surface area contributed by atoms with Crippen LogP contribution in [0.3, 0.4) is 0 Å². The van der Waals surface area contributed by atoms with Crippen LogP contribution in [0.25, 0.3) is 0 Å². The monoisotopic (exact) mass is 344 g/mol. The molecule has 0 saturated heterocycles. The van der Waals surface area contributed by atoms with Gasteiger partial charge in [-0.15, -0.1) is 0 Å². The maximum Gasteiger partial charge on any atom is 0.208 e. The molecule has 0 saturated carbocycles. The Balaban J connectivity index is 2.09. The Hall–Kier alpha value is -2.11. The van der Waals surface area contributed by atoms with Gasteiger partial charge >= 0.3 is 0 Å². The Bertz CT molecular complexity index is 959. The average molecular weight is 344 g/mol. The third-order valence-corrected chi connectivity index (χ3v) is 8.57. The second-order valence-electron chi connectivity index (χ2n) is 5.25. The number of rotatable bonds is 1. The lowest BCUT2D eigenvalue weighted by molar-refractivity contribution is 0.590. The number of thiol groups is 1. The third-order valence-electron chi connectivity index (χ3n) is 3.86. The summed E-state index contributed by atoms with van der Waals surface area (Å²) in [5.41, 5.74) is 0. The first-order valence-corrected chi connectivity index (χ1v) is 9.90. The summed E-state index contributed by atoms with van der Waals surface area (Å²) in [6.45, 7) is 0. The van der Waals surface area contributed by atoms with Gasteiger partial charge in [0, 0.05) is 9.79 Å². The number of hydrogen-bond donors (Lipinski definition) is 1. The van der Waals surface area contributed by atoms with Gasteiger partial charge in [0.2, 0.25) is 9.84 Å². The molecule has 0 amide bonds. The summed E-state index contributed by atoms with van der Waals surface area (Å²) in [5, 5.41) is 0. The highest BCUT2D eigenvalue weighted by Crippen LogP contribution is 2.59. The number of benzene rings is 3. The lowest BCUT2D eigenvalue weighted by Gasteiger charge is -2.31. The highest BCUT2D eigenvalue weighted by molar-refractivity contribution is 8.18. The van der Waals surface area contributed by atoms with Crippen LogP contribution in [0.15, 0.2) is 97.3 Å². The highest BCUT2D eigenvalue weighted by atomic mass is 32.2. The maximum atomic E-state index is 13.7. The van der Waals surface area contributed by atoms with E-state index < -0.39 is 20.7 Å². The molecule has 23 heavy (non-hydrogen) atoms. The Morgan fingerprint density at radius 1 is 0.739 bits per heavy atom. The van der Waals surface area contributed by atoms with Crippen molar-refractivity contribution in [2.75, 3.05) is 0 Å². The van der Waals surface area contributed by atoms with E-state index in [0.717, 1.165) is 14.7 Å². The lowest BCUT2D eigenvalue weighted by Crippen LogP contribution is -2.12. The first-order chi connectivity index (χ1) is 11.1. The Morgan fingerprint density at radius 3 is 1.87 bits per heavy atom. The lowest BCUT2D eigenvalue weighted by atomic mass is 10.3. The first kappa shape index (κ1) is 14.5. The fourth-order valence-electron chi connectivity index (χ4n) is 2.88. The average Bonchev–Trinajstić information content (AvgIpc) is 2.55. The van der Waals surface area contributed by atoms with E-state index in [1.807, 2.05) is 30.3 Å². The molecule has 5 heteroatoms. The smallest absolute Gasteiger partial charge is 0.208 e. The van der Waals surface area contributed by atoms with Gasteiger partial charge in [-0.05, 0) is 47.4 Å². The summed E-state index contributed by atoms with van der Waals surface area (Å²) in [6.07, 6.45) is 0. The SMILES string of the molecule is O=S1(=O)c2ccccc2[SH](c2cccc(F)c2)c2ccccc21. The van der Waals surface area contributed by atoms with Gasteiger partial charge in [0.15, 0.2) is 0 Å². The molecular formula is C18H13FO2S2. The summed E-state index contributed by atoms with van der Waals surface area (Å²) in [4.78, 5) is 2.98. The van der Waals surface area contributed by atoms with Crippen LogP contribution in [-0.2, 0) is 9.84 Å². The van der Waals surface area contributed by atoms with Crippen molar-refractivity contribution in [2.24, 2.45) is 0 Å². The molecule has 0 spiro atoms. The Kier molecular flexibility index (Phi) is 3.28. The molecule has 1 aliphatic heterocycles. The van der Waals surface area contributed by atoms with E-state index in [4.69, 9.17) is 0 Å². The van der Waals surface area contributed by atoms with Crippen molar-refractivity contribution in [3.63, 3.8) is 0 Å². The van der Waals surface area contributed by atoms with Crippen LogP contribution < -0.4 is 0 Å². The highest BCUT2D eigenvalue weighted by Gasteiger charge is 2.34. The van der Waals surface area contributed by atoms with Gasteiger partial charge in [-0.2, -0.15) is 10.9 Å². The fraction of sp³-hybridized carbons (Fsp3) is 0. The predicted octanol–water partition coefficient (Wildman–Crippen LogP) is 4.45. The Morgan fingerprint density at radius 2 is 1.30 bits per heavy atom. The van der Waals surface area contributed by atoms with E-state index in [-0.39, 0.29) is 5.82 Å². The zero-order chi connectivity index (χ0) is 16.0. The molecule has 0 aliphatic carbocycles. The number of sulfone groups is 1. The topological polar surface area (TPSA) is 34.1 Å². The molecule has 4 rings (SSSR count). The van der Waals surface area contributed by atoms with Gasteiger partial charge in [-0.1, -0.05) is 30.3 Å². The minimum absolute atomic E-state index is 0.312. The second kappa shape index (κ2) is 5.22. The zero-order valence-corrected chi connectivity index (χ0v) is 13.7. The van der Waals surface area contributed by atoms with Gasteiger partial charge in [0.25, 0.3) is 0 Å². The van der Waals surface area contributed by atoms with Gasteiger partial charge in [0.1, 0.15) is 5.82 Å². The van der Waals surface area contributed by atoms with Crippen LogP contribution in [0, 0.1) is 5.82 Å². The van der Waals surface area contributed by atoms with Crippen molar-refractivity contribution in [2.45, 2.75) is 24.5 Å². The molecule has 0 fully saturated rings. The van der Waals surface area contributed by atoms with Gasteiger partial charge in [0.05, 0.1) is 9.79 Å². The molecular weight excluding hydrogens is 331 g/mol. The summed E-state index contributed by atoms with van der Waals surface area (Å²) < 4.78 is 39.5. The third kappa shape index (κ3) is 2.19. The minimum Gasteiger partial charge on any atom is -0.218 e. The summed E-state index contributed by atoms with van der Waals surface area (Å²) >= 11 is 0. The van der Waals surface area contributed by atoms with Crippen LogP contribution in [0.2, 0.25) is 0 Å². The van der Waals surface area contributed by atoms with Crippen LogP contribution in [0.4, 0.5) is 4.39 Å². The molecule has 1 aliphatic rings. The van der Waals surface area contributed by atoms with Crippen molar-refractivity contribution < 1.29 is 12.8 Å². The van der Waals surface area contributed by atoms with Gasteiger partial charge < -0.3 is 0 Å². The molecule has 0 atom stereocenters. The molecule has 116 valence electrons. The molecule has 1 heterocycles. The standard InChI is InChI=1S/C18H13FO2S2/c19-13-6-5-7-14(12-13)22-15-8-1-3-10-17(15)23(20,21)18-11-4-2-9-16(18)22/h1-12,22H. The van der Waals surface area contributed by atoms with E-state index in [2.05, 4.69) is 0 Å². The van der Waals surface area contributed by atoms with Gasteiger partial charge in [-0.3, -0.25) is 0 Å². The van der Waals surface area contributed by atoms with E-state index in [1.54, 1.807) is 30.3 Å². The summed E-state index contributed by atoms with van der Waals surface area (Å²) in [6, 6.07) is 20.5.